The molecule has 1 fully saturated rings. The summed E-state index contributed by atoms with van der Waals surface area (Å²) in [6, 6.07) is 3.62. The van der Waals surface area contributed by atoms with Crippen LogP contribution in [0.3, 0.4) is 0 Å². The zero-order valence-corrected chi connectivity index (χ0v) is 16.0. The molecule has 1 aromatic heterocycles. The third kappa shape index (κ3) is 2.95. The topological polar surface area (TPSA) is 48.4 Å². The van der Waals surface area contributed by atoms with E-state index in [1.807, 2.05) is 6.07 Å². The molecule has 0 N–H and O–H groups in total. The van der Waals surface area contributed by atoms with Gasteiger partial charge in [0.2, 0.25) is 0 Å². The molecule has 0 atom stereocenters. The number of rotatable bonds is 4. The highest BCUT2D eigenvalue weighted by Crippen LogP contribution is 2.49. The second kappa shape index (κ2) is 6.75. The first-order valence-electron chi connectivity index (χ1n) is 8.73. The van der Waals surface area contributed by atoms with Crippen LogP contribution < -0.4 is 9.47 Å². The molecule has 0 radical (unpaired) electrons. The Kier molecular flexibility index (Phi) is 4.57. The van der Waals surface area contributed by atoms with Gasteiger partial charge in [0.25, 0.3) is 0 Å². The number of benzene rings is 1. The fraction of sp³-hybridized carbons (Fsp3) is 0.400. The van der Waals surface area contributed by atoms with Crippen molar-refractivity contribution < 1.29 is 14.3 Å². The van der Waals surface area contributed by atoms with E-state index in [2.05, 4.69) is 4.98 Å². The average Bonchev–Trinajstić information content (AvgIpc) is 3.23. The van der Waals surface area contributed by atoms with Crippen molar-refractivity contribution in [3.05, 3.63) is 51.3 Å². The lowest BCUT2D eigenvalue weighted by atomic mass is 9.90. The highest BCUT2D eigenvalue weighted by Gasteiger charge is 2.44. The number of ether oxygens (including phenoxy) is 2. The first-order valence-corrected chi connectivity index (χ1v) is 9.48. The van der Waals surface area contributed by atoms with Gasteiger partial charge in [-0.1, -0.05) is 23.2 Å². The third-order valence-electron chi connectivity index (χ3n) is 5.37. The molecule has 2 heterocycles. The van der Waals surface area contributed by atoms with E-state index >= 15 is 0 Å². The molecule has 0 bridgehead atoms. The molecule has 4 rings (SSSR count). The van der Waals surface area contributed by atoms with E-state index in [9.17, 15) is 4.79 Å². The standard InChI is InChI=1S/C20H19Cl2NO3/c1-25-18-5-4-12(14-9-20(26-19(14)18)6-2-3-7-20)17(24)8-13-15(21)10-23-11-16(13)22/h4-5,10-11H,2-3,6-9H2,1H3. The molecule has 0 unspecified atom stereocenters. The Labute approximate surface area is 162 Å². The Morgan fingerprint density at radius 1 is 1.23 bits per heavy atom. The summed E-state index contributed by atoms with van der Waals surface area (Å²) in [6.45, 7) is 0. The molecule has 2 aromatic rings. The number of hydrogen-bond acceptors (Lipinski definition) is 4. The van der Waals surface area contributed by atoms with Gasteiger partial charge in [-0.3, -0.25) is 9.78 Å². The van der Waals surface area contributed by atoms with Gasteiger partial charge >= 0.3 is 0 Å². The second-order valence-electron chi connectivity index (χ2n) is 6.97. The van der Waals surface area contributed by atoms with Crippen molar-refractivity contribution >= 4 is 29.0 Å². The van der Waals surface area contributed by atoms with Gasteiger partial charge in [0, 0.05) is 41.9 Å². The Bertz CT molecular complexity index is 855. The third-order valence-corrected chi connectivity index (χ3v) is 6.02. The molecule has 0 amide bonds. The second-order valence-corrected chi connectivity index (χ2v) is 7.79. The van der Waals surface area contributed by atoms with Gasteiger partial charge in [-0.15, -0.1) is 0 Å². The quantitative estimate of drug-likeness (QED) is 0.682. The molecule has 6 heteroatoms. The molecular formula is C20H19Cl2NO3. The molecule has 26 heavy (non-hydrogen) atoms. The van der Waals surface area contributed by atoms with E-state index in [1.54, 1.807) is 13.2 Å². The van der Waals surface area contributed by atoms with Crippen molar-refractivity contribution in [2.24, 2.45) is 0 Å². The lowest BCUT2D eigenvalue weighted by Crippen LogP contribution is -2.30. The van der Waals surface area contributed by atoms with Crippen molar-refractivity contribution in [1.82, 2.24) is 4.98 Å². The number of methoxy groups -OCH3 is 1. The number of fused-ring (bicyclic) bond motifs is 1. The van der Waals surface area contributed by atoms with Crippen LogP contribution in [0.5, 0.6) is 11.5 Å². The van der Waals surface area contributed by atoms with Gasteiger partial charge in [0.15, 0.2) is 17.3 Å². The Morgan fingerprint density at radius 3 is 2.58 bits per heavy atom. The van der Waals surface area contributed by atoms with E-state index in [1.165, 1.54) is 12.4 Å². The van der Waals surface area contributed by atoms with Crippen LogP contribution in [0.25, 0.3) is 0 Å². The number of ketones is 1. The first kappa shape index (κ1) is 17.6. The Morgan fingerprint density at radius 2 is 1.92 bits per heavy atom. The predicted molar refractivity (Wildman–Crippen MR) is 101 cm³/mol. The van der Waals surface area contributed by atoms with Crippen LogP contribution in [0.15, 0.2) is 24.5 Å². The summed E-state index contributed by atoms with van der Waals surface area (Å²) in [5.41, 5.74) is 2.02. The number of aromatic nitrogens is 1. The minimum absolute atomic E-state index is 0.0300. The van der Waals surface area contributed by atoms with Crippen LogP contribution in [0, 0.1) is 0 Å². The molecule has 1 spiro atoms. The van der Waals surface area contributed by atoms with Crippen molar-refractivity contribution in [3.63, 3.8) is 0 Å². The number of halogens is 2. The van der Waals surface area contributed by atoms with E-state index < -0.39 is 0 Å². The fourth-order valence-electron chi connectivity index (χ4n) is 4.05. The molecule has 2 aliphatic rings. The van der Waals surface area contributed by atoms with Gasteiger partial charge in [-0.25, -0.2) is 0 Å². The van der Waals surface area contributed by atoms with E-state index in [-0.39, 0.29) is 17.8 Å². The van der Waals surface area contributed by atoms with Crippen molar-refractivity contribution in [3.8, 4) is 11.5 Å². The summed E-state index contributed by atoms with van der Waals surface area (Å²) in [5, 5.41) is 0.805. The summed E-state index contributed by atoms with van der Waals surface area (Å²) in [5.74, 6) is 1.37. The highest BCUT2D eigenvalue weighted by molar-refractivity contribution is 6.36. The van der Waals surface area contributed by atoms with Crippen LogP contribution in [0.1, 0.15) is 47.2 Å². The van der Waals surface area contributed by atoms with E-state index in [0.29, 0.717) is 32.7 Å². The van der Waals surface area contributed by atoms with E-state index in [4.69, 9.17) is 32.7 Å². The molecule has 1 saturated carbocycles. The molecule has 136 valence electrons. The average molecular weight is 392 g/mol. The van der Waals surface area contributed by atoms with Gasteiger partial charge in [-0.05, 0) is 37.8 Å². The van der Waals surface area contributed by atoms with Crippen LogP contribution in [0.4, 0.5) is 0 Å². The minimum atomic E-state index is -0.183. The van der Waals surface area contributed by atoms with Crippen molar-refractivity contribution in [2.45, 2.75) is 44.1 Å². The number of carbonyl (C=O) groups is 1. The first-order chi connectivity index (χ1) is 12.5. The normalized spacial score (nSPS) is 17.2. The molecular weight excluding hydrogens is 373 g/mol. The SMILES string of the molecule is COc1ccc(C(=O)Cc2c(Cl)cncc2Cl)c2c1OC1(CCCC1)C2. The maximum absolute atomic E-state index is 13.0. The van der Waals surface area contributed by atoms with Crippen molar-refractivity contribution in [1.29, 1.82) is 0 Å². The van der Waals surface area contributed by atoms with E-state index in [0.717, 1.165) is 37.7 Å². The molecule has 1 aromatic carbocycles. The highest BCUT2D eigenvalue weighted by atomic mass is 35.5. The maximum atomic E-state index is 13.0. The lowest BCUT2D eigenvalue weighted by Gasteiger charge is -2.22. The van der Waals surface area contributed by atoms with Crippen LogP contribution >= 0.6 is 23.2 Å². The number of Topliss-reactive ketones (excluding diaryl/α,β-unsaturated/α-hetero) is 1. The maximum Gasteiger partial charge on any atom is 0.167 e. The zero-order chi connectivity index (χ0) is 18.3. The van der Waals surface area contributed by atoms with Crippen LogP contribution in [0.2, 0.25) is 10.0 Å². The molecule has 0 saturated heterocycles. The molecule has 1 aliphatic carbocycles. The summed E-state index contributed by atoms with van der Waals surface area (Å²) >= 11 is 12.4. The van der Waals surface area contributed by atoms with Gasteiger partial charge in [0.1, 0.15) is 5.60 Å². The smallest absolute Gasteiger partial charge is 0.167 e. The number of pyridine rings is 1. The summed E-state index contributed by atoms with van der Waals surface area (Å²) in [6.07, 6.45) is 8.23. The fourth-order valence-corrected chi connectivity index (χ4v) is 4.55. The number of carbonyl (C=O) groups excluding carboxylic acids is 1. The minimum Gasteiger partial charge on any atom is -0.493 e. The monoisotopic (exact) mass is 391 g/mol. The van der Waals surface area contributed by atoms with Crippen molar-refractivity contribution in [2.75, 3.05) is 7.11 Å². The largest absolute Gasteiger partial charge is 0.493 e. The van der Waals surface area contributed by atoms with Gasteiger partial charge in [0.05, 0.1) is 17.2 Å². The predicted octanol–water partition coefficient (Wildman–Crippen LogP) is 5.07. The van der Waals surface area contributed by atoms with Crippen LogP contribution in [-0.2, 0) is 12.8 Å². The lowest BCUT2D eigenvalue weighted by molar-refractivity contribution is 0.0989. The number of nitrogens with zero attached hydrogens (tertiary/aromatic N) is 1. The Balaban J connectivity index is 1.70. The van der Waals surface area contributed by atoms with Gasteiger partial charge < -0.3 is 9.47 Å². The summed E-state index contributed by atoms with van der Waals surface area (Å²) in [7, 11) is 1.62. The van der Waals surface area contributed by atoms with Gasteiger partial charge in [-0.2, -0.15) is 0 Å². The Hall–Kier alpha value is -1.78. The number of hydrogen-bond donors (Lipinski definition) is 0. The molecule has 4 nitrogen and oxygen atoms in total. The summed E-state index contributed by atoms with van der Waals surface area (Å²) < 4.78 is 11.8. The van der Waals surface area contributed by atoms with Crippen LogP contribution in [-0.4, -0.2) is 23.5 Å². The summed E-state index contributed by atoms with van der Waals surface area (Å²) in [4.78, 5) is 17.0. The zero-order valence-electron chi connectivity index (χ0n) is 14.5. The molecule has 1 aliphatic heterocycles.